The highest BCUT2D eigenvalue weighted by atomic mass is 16.6. The Labute approximate surface area is 181 Å². The molecule has 0 aliphatic rings. The van der Waals surface area contributed by atoms with Gasteiger partial charge in [-0.25, -0.2) is 4.79 Å². The van der Waals surface area contributed by atoms with Gasteiger partial charge in [-0.3, -0.25) is 9.97 Å². The van der Waals surface area contributed by atoms with Gasteiger partial charge in [-0.05, 0) is 43.3 Å². The highest BCUT2D eigenvalue weighted by molar-refractivity contribution is 5.86. The lowest BCUT2D eigenvalue weighted by Crippen LogP contribution is -2.13. The summed E-state index contributed by atoms with van der Waals surface area (Å²) in [7, 11) is 0. The molecule has 0 N–H and O–H groups in total. The van der Waals surface area contributed by atoms with Crippen LogP contribution in [0.5, 0.6) is 5.75 Å². The van der Waals surface area contributed by atoms with E-state index < -0.39 is 5.97 Å². The van der Waals surface area contributed by atoms with Gasteiger partial charge in [0.05, 0.1) is 11.1 Å². The summed E-state index contributed by atoms with van der Waals surface area (Å²) in [4.78, 5) is 19.6. The minimum atomic E-state index is -0.452. The molecule has 3 rings (SSSR count). The predicted molar refractivity (Wildman–Crippen MR) is 118 cm³/mol. The predicted octanol–water partition coefficient (Wildman–Crippen LogP) is 3.77. The topological polar surface area (TPSA) is 61.3 Å². The van der Waals surface area contributed by atoms with Gasteiger partial charge < -0.3 is 9.47 Å². The molecule has 0 saturated heterocycles. The van der Waals surface area contributed by atoms with E-state index in [0.29, 0.717) is 22.4 Å². The fraction of sp³-hybridized carbons (Fsp3) is 0.115. The molecule has 0 fully saturated rings. The molecule has 152 valence electrons. The number of para-hydroxylation sites is 1. The Morgan fingerprint density at radius 2 is 1.35 bits per heavy atom. The maximum absolute atomic E-state index is 11.6. The van der Waals surface area contributed by atoms with Gasteiger partial charge in [0.2, 0.25) is 0 Å². The molecule has 0 spiro atoms. The summed E-state index contributed by atoms with van der Waals surface area (Å²) < 4.78 is 11.1. The molecule has 0 amide bonds. The Morgan fingerprint density at radius 3 is 1.84 bits per heavy atom. The van der Waals surface area contributed by atoms with Crippen molar-refractivity contribution in [2.24, 2.45) is 0 Å². The van der Waals surface area contributed by atoms with Crippen LogP contribution in [0.4, 0.5) is 0 Å². The molecule has 1 aromatic carbocycles. The van der Waals surface area contributed by atoms with Crippen molar-refractivity contribution < 1.29 is 14.3 Å². The van der Waals surface area contributed by atoms with Crippen LogP contribution >= 0.6 is 0 Å². The zero-order chi connectivity index (χ0) is 21.9. The van der Waals surface area contributed by atoms with E-state index in [1.54, 1.807) is 31.7 Å². The van der Waals surface area contributed by atoms with Crippen LogP contribution in [0.15, 0.2) is 79.4 Å². The summed E-state index contributed by atoms with van der Waals surface area (Å²) in [5.41, 5.74) is 3.39. The summed E-state index contributed by atoms with van der Waals surface area (Å²) in [6, 6.07) is 12.9. The minimum absolute atomic E-state index is 0.0923. The summed E-state index contributed by atoms with van der Waals surface area (Å²) in [5.74, 6) is 12.6. The zero-order valence-electron chi connectivity index (χ0n) is 17.1. The smallest absolute Gasteiger partial charge is 0.333 e. The molecule has 2 aromatic heterocycles. The van der Waals surface area contributed by atoms with Gasteiger partial charge in [-0.15, -0.1) is 0 Å². The molecule has 2 heterocycles. The number of rotatable bonds is 5. The van der Waals surface area contributed by atoms with Gasteiger partial charge in [0.15, 0.2) is 5.75 Å². The molecule has 5 nitrogen and oxygen atoms in total. The van der Waals surface area contributed by atoms with Gasteiger partial charge in [0.1, 0.15) is 13.2 Å². The van der Waals surface area contributed by atoms with E-state index in [9.17, 15) is 4.79 Å². The van der Waals surface area contributed by atoms with Crippen molar-refractivity contribution >= 4 is 5.97 Å². The molecule has 0 aliphatic carbocycles. The Morgan fingerprint density at radius 1 is 0.839 bits per heavy atom. The number of esters is 1. The first kappa shape index (κ1) is 21.4. The van der Waals surface area contributed by atoms with Crippen LogP contribution < -0.4 is 4.74 Å². The van der Waals surface area contributed by atoms with Crippen molar-refractivity contribution in [3.63, 3.8) is 0 Å². The Bertz CT molecular complexity index is 1110. The summed E-state index contributed by atoms with van der Waals surface area (Å²) in [6.45, 7) is 5.42. The van der Waals surface area contributed by atoms with E-state index in [-0.39, 0.29) is 13.2 Å². The third kappa shape index (κ3) is 6.59. The van der Waals surface area contributed by atoms with E-state index in [2.05, 4.69) is 40.2 Å². The molecule has 5 heteroatoms. The standard InChI is InChI=1S/C26H20N2O3/c1-20(2)26(29)31-19-18-30-25-23(8-6-21-10-14-27-15-11-21)4-3-5-24(25)9-7-22-12-16-28-17-13-22/h3-5,10-17H,1,18-19H2,2H3. The van der Waals surface area contributed by atoms with Crippen LogP contribution in [0.2, 0.25) is 0 Å². The zero-order valence-corrected chi connectivity index (χ0v) is 17.1. The fourth-order valence-electron chi connectivity index (χ4n) is 2.44. The Hall–Kier alpha value is -4.35. The van der Waals surface area contributed by atoms with Crippen molar-refractivity contribution in [3.8, 4) is 29.4 Å². The number of pyridine rings is 2. The van der Waals surface area contributed by atoms with Gasteiger partial charge >= 0.3 is 5.97 Å². The maximum atomic E-state index is 11.6. The second-order valence-electron chi connectivity index (χ2n) is 6.42. The van der Waals surface area contributed by atoms with E-state index >= 15 is 0 Å². The lowest BCUT2D eigenvalue weighted by molar-refractivity contribution is -0.139. The van der Waals surface area contributed by atoms with Gasteiger partial charge in [0.25, 0.3) is 0 Å². The first-order chi connectivity index (χ1) is 15.1. The third-order valence-electron chi connectivity index (χ3n) is 3.97. The molecule has 0 saturated carbocycles. The summed E-state index contributed by atoms with van der Waals surface area (Å²) in [5, 5.41) is 0. The molecule has 0 unspecified atom stereocenters. The first-order valence-electron chi connectivity index (χ1n) is 9.56. The molecule has 0 radical (unpaired) electrons. The molecule has 31 heavy (non-hydrogen) atoms. The average Bonchev–Trinajstić information content (AvgIpc) is 2.80. The Balaban J connectivity index is 1.87. The van der Waals surface area contributed by atoms with Gasteiger partial charge in [0, 0.05) is 41.5 Å². The van der Waals surface area contributed by atoms with E-state index in [1.807, 2.05) is 42.5 Å². The lowest BCUT2D eigenvalue weighted by atomic mass is 10.1. The number of benzene rings is 1. The van der Waals surface area contributed by atoms with Crippen molar-refractivity contribution in [3.05, 3.63) is 102 Å². The highest BCUT2D eigenvalue weighted by Crippen LogP contribution is 2.23. The van der Waals surface area contributed by atoms with Crippen LogP contribution in [0.25, 0.3) is 0 Å². The van der Waals surface area contributed by atoms with Crippen molar-refractivity contribution in [2.75, 3.05) is 13.2 Å². The first-order valence-corrected chi connectivity index (χ1v) is 9.56. The summed E-state index contributed by atoms with van der Waals surface area (Å²) in [6.07, 6.45) is 6.75. The highest BCUT2D eigenvalue weighted by Gasteiger charge is 2.09. The number of aromatic nitrogens is 2. The summed E-state index contributed by atoms with van der Waals surface area (Å²) >= 11 is 0. The minimum Gasteiger partial charge on any atom is -0.487 e. The van der Waals surface area contributed by atoms with Crippen LogP contribution in [-0.2, 0) is 9.53 Å². The number of carbonyl (C=O) groups is 1. The molecular formula is C26H20N2O3. The van der Waals surface area contributed by atoms with Crippen molar-refractivity contribution in [1.29, 1.82) is 0 Å². The molecule has 0 atom stereocenters. The normalized spacial score (nSPS) is 9.45. The molecular weight excluding hydrogens is 388 g/mol. The van der Waals surface area contributed by atoms with Crippen LogP contribution in [0, 0.1) is 23.7 Å². The van der Waals surface area contributed by atoms with Crippen LogP contribution in [0.1, 0.15) is 29.2 Å². The number of hydrogen-bond donors (Lipinski definition) is 0. The average molecular weight is 408 g/mol. The SMILES string of the molecule is C=C(C)C(=O)OCCOc1c(C#Cc2ccncc2)cccc1C#Cc1ccncc1. The second-order valence-corrected chi connectivity index (χ2v) is 6.42. The van der Waals surface area contributed by atoms with Gasteiger partial charge in [-0.1, -0.05) is 36.3 Å². The van der Waals surface area contributed by atoms with Gasteiger partial charge in [-0.2, -0.15) is 0 Å². The van der Waals surface area contributed by atoms with Crippen molar-refractivity contribution in [2.45, 2.75) is 6.92 Å². The maximum Gasteiger partial charge on any atom is 0.333 e. The van der Waals surface area contributed by atoms with Crippen molar-refractivity contribution in [1.82, 2.24) is 9.97 Å². The van der Waals surface area contributed by atoms with Crippen LogP contribution in [-0.4, -0.2) is 29.2 Å². The number of hydrogen-bond acceptors (Lipinski definition) is 5. The Kier molecular flexibility index (Phi) is 7.58. The molecule has 0 bridgehead atoms. The van der Waals surface area contributed by atoms with E-state index in [0.717, 1.165) is 11.1 Å². The van der Waals surface area contributed by atoms with E-state index in [1.165, 1.54) is 0 Å². The monoisotopic (exact) mass is 408 g/mol. The second kappa shape index (κ2) is 11.0. The lowest BCUT2D eigenvalue weighted by Gasteiger charge is -2.11. The van der Waals surface area contributed by atoms with E-state index in [4.69, 9.17) is 9.47 Å². The fourth-order valence-corrected chi connectivity index (χ4v) is 2.44. The third-order valence-corrected chi connectivity index (χ3v) is 3.97. The quantitative estimate of drug-likeness (QED) is 0.278. The molecule has 0 aliphatic heterocycles. The number of ether oxygens (including phenoxy) is 2. The largest absolute Gasteiger partial charge is 0.487 e. The van der Waals surface area contributed by atoms with Crippen LogP contribution in [0.3, 0.4) is 0 Å². The molecule has 3 aromatic rings. The number of nitrogens with zero attached hydrogens (tertiary/aromatic N) is 2. The number of carbonyl (C=O) groups excluding carboxylic acids is 1.